The number of aromatic nitrogens is 4. The summed E-state index contributed by atoms with van der Waals surface area (Å²) in [5.74, 6) is 6.91. The first-order valence-electron chi connectivity index (χ1n) is 7.98. The van der Waals surface area contributed by atoms with Crippen LogP contribution in [0.3, 0.4) is 0 Å². The molecule has 0 radical (unpaired) electrons. The van der Waals surface area contributed by atoms with Crippen molar-refractivity contribution in [2.45, 2.75) is 25.7 Å². The maximum absolute atomic E-state index is 5.97. The van der Waals surface area contributed by atoms with Crippen molar-refractivity contribution in [3.8, 4) is 11.4 Å². The first-order chi connectivity index (χ1) is 11.7. The topological polar surface area (TPSA) is 133 Å². The highest BCUT2D eigenvalue weighted by molar-refractivity contribution is 5.52. The van der Waals surface area contributed by atoms with Gasteiger partial charge in [-0.15, -0.1) is 20.4 Å². The number of nitrogens with two attached hydrogens (primary N) is 3. The number of unbranched alkanes of at least 4 members (excludes halogenated alkanes) is 1. The van der Waals surface area contributed by atoms with E-state index in [1.54, 1.807) is 11.2 Å². The fourth-order valence-electron chi connectivity index (χ4n) is 2.09. The lowest BCUT2D eigenvalue weighted by molar-refractivity contribution is 0.377. The van der Waals surface area contributed by atoms with Gasteiger partial charge >= 0.3 is 0 Å². The molecule has 0 amide bonds. The Bertz CT molecular complexity index is 626. The molecule has 0 saturated carbocycles. The molecule has 0 saturated heterocycles. The van der Waals surface area contributed by atoms with E-state index in [1.165, 1.54) is 0 Å². The summed E-state index contributed by atoms with van der Waals surface area (Å²) >= 11 is 0. The molecule has 2 rings (SSSR count). The molecular weight excluding hydrogens is 304 g/mol. The van der Waals surface area contributed by atoms with Gasteiger partial charge < -0.3 is 16.5 Å². The number of nitrogens with zero attached hydrogens (tertiary/aromatic N) is 5. The second-order valence-corrected chi connectivity index (χ2v) is 5.44. The van der Waals surface area contributed by atoms with Crippen molar-refractivity contribution in [1.82, 2.24) is 25.4 Å². The lowest BCUT2D eigenvalue weighted by Gasteiger charge is -2.14. The lowest BCUT2D eigenvalue weighted by Crippen LogP contribution is -2.28. The lowest BCUT2D eigenvalue weighted by atomic mass is 10.2. The Balaban J connectivity index is 1.83. The number of allylic oxidation sites excluding steroid dienone is 1. The van der Waals surface area contributed by atoms with Gasteiger partial charge in [-0.1, -0.05) is 30.3 Å². The molecule has 24 heavy (non-hydrogen) atoms. The molecule has 0 unspecified atom stereocenters. The van der Waals surface area contributed by atoms with Gasteiger partial charge in [-0.25, -0.2) is 5.84 Å². The van der Waals surface area contributed by atoms with E-state index >= 15 is 0 Å². The molecule has 8 heteroatoms. The number of hydrogen-bond donors (Lipinski definition) is 3. The summed E-state index contributed by atoms with van der Waals surface area (Å²) < 4.78 is 0. The van der Waals surface area contributed by atoms with Crippen LogP contribution in [-0.4, -0.2) is 38.5 Å². The van der Waals surface area contributed by atoms with Gasteiger partial charge in [-0.05, 0) is 25.8 Å². The summed E-state index contributed by atoms with van der Waals surface area (Å²) in [4.78, 5) is 0. The van der Waals surface area contributed by atoms with E-state index in [1.807, 2.05) is 30.3 Å². The number of hydrazine groups is 1. The van der Waals surface area contributed by atoms with Gasteiger partial charge in [-0.2, -0.15) is 0 Å². The van der Waals surface area contributed by atoms with Gasteiger partial charge in [0.2, 0.25) is 5.82 Å². The Morgan fingerprint density at radius 2 is 1.75 bits per heavy atom. The average Bonchev–Trinajstić information content (AvgIpc) is 2.61. The summed E-state index contributed by atoms with van der Waals surface area (Å²) in [6.07, 6.45) is 4.78. The van der Waals surface area contributed by atoms with E-state index in [4.69, 9.17) is 17.3 Å². The SMILES string of the molecule is NCCCCN(N)/C=C(\N)CCc1nnc(-c2ccccc2)nn1. The number of rotatable bonds is 9. The van der Waals surface area contributed by atoms with Crippen molar-refractivity contribution in [1.29, 1.82) is 0 Å². The zero-order valence-electron chi connectivity index (χ0n) is 13.7. The highest BCUT2D eigenvalue weighted by Gasteiger charge is 2.05. The third-order valence-corrected chi connectivity index (χ3v) is 3.39. The molecule has 2 aromatic rings. The van der Waals surface area contributed by atoms with Gasteiger partial charge in [-0.3, -0.25) is 0 Å². The molecule has 0 aliphatic heterocycles. The zero-order chi connectivity index (χ0) is 17.2. The minimum atomic E-state index is 0.510. The highest BCUT2D eigenvalue weighted by Crippen LogP contribution is 2.11. The van der Waals surface area contributed by atoms with E-state index in [-0.39, 0.29) is 0 Å². The minimum Gasteiger partial charge on any atom is -0.401 e. The molecular formula is C16H24N8. The van der Waals surface area contributed by atoms with Crippen LogP contribution >= 0.6 is 0 Å². The first kappa shape index (κ1) is 17.8. The minimum absolute atomic E-state index is 0.510. The van der Waals surface area contributed by atoms with Crippen molar-refractivity contribution in [3.63, 3.8) is 0 Å². The Morgan fingerprint density at radius 3 is 2.42 bits per heavy atom. The Hall–Kier alpha value is -2.58. The Kier molecular flexibility index (Phi) is 7.06. The van der Waals surface area contributed by atoms with Crippen LogP contribution in [0.15, 0.2) is 42.2 Å². The van der Waals surface area contributed by atoms with Crippen LogP contribution in [-0.2, 0) is 6.42 Å². The molecule has 8 nitrogen and oxygen atoms in total. The predicted molar refractivity (Wildman–Crippen MR) is 92.8 cm³/mol. The molecule has 128 valence electrons. The van der Waals surface area contributed by atoms with Crippen molar-refractivity contribution in [2.24, 2.45) is 17.3 Å². The molecule has 0 fully saturated rings. The van der Waals surface area contributed by atoms with E-state index in [0.29, 0.717) is 36.7 Å². The van der Waals surface area contributed by atoms with Gasteiger partial charge in [0.25, 0.3) is 0 Å². The summed E-state index contributed by atoms with van der Waals surface area (Å²) in [6, 6.07) is 9.61. The van der Waals surface area contributed by atoms with Gasteiger partial charge in [0, 0.05) is 30.4 Å². The molecule has 1 heterocycles. The van der Waals surface area contributed by atoms with Crippen LogP contribution < -0.4 is 17.3 Å². The molecule has 0 bridgehead atoms. The average molecular weight is 328 g/mol. The number of aryl methyl sites for hydroxylation is 1. The van der Waals surface area contributed by atoms with Crippen LogP contribution in [0.5, 0.6) is 0 Å². The molecule has 0 aliphatic carbocycles. The van der Waals surface area contributed by atoms with Crippen LogP contribution in [0, 0.1) is 0 Å². The predicted octanol–water partition coefficient (Wildman–Crippen LogP) is 0.581. The maximum atomic E-state index is 5.97. The highest BCUT2D eigenvalue weighted by atomic mass is 15.4. The van der Waals surface area contributed by atoms with Gasteiger partial charge in [0.1, 0.15) is 0 Å². The Morgan fingerprint density at radius 1 is 1.04 bits per heavy atom. The van der Waals surface area contributed by atoms with Crippen LogP contribution in [0.2, 0.25) is 0 Å². The second kappa shape index (κ2) is 9.53. The summed E-state index contributed by atoms with van der Waals surface area (Å²) in [5.41, 5.74) is 13.0. The molecule has 1 aromatic heterocycles. The zero-order valence-corrected chi connectivity index (χ0v) is 13.7. The monoisotopic (exact) mass is 328 g/mol. The van der Waals surface area contributed by atoms with Crippen LogP contribution in [0.4, 0.5) is 0 Å². The molecule has 0 atom stereocenters. The first-order valence-corrected chi connectivity index (χ1v) is 7.98. The van der Waals surface area contributed by atoms with Crippen molar-refractivity contribution >= 4 is 0 Å². The largest absolute Gasteiger partial charge is 0.401 e. The third-order valence-electron chi connectivity index (χ3n) is 3.39. The maximum Gasteiger partial charge on any atom is 0.203 e. The quantitative estimate of drug-likeness (QED) is 0.346. The number of benzene rings is 1. The summed E-state index contributed by atoms with van der Waals surface area (Å²) in [5, 5.41) is 18.0. The van der Waals surface area contributed by atoms with Crippen LogP contribution in [0.1, 0.15) is 25.1 Å². The molecule has 1 aromatic carbocycles. The number of hydrogen-bond acceptors (Lipinski definition) is 8. The fourth-order valence-corrected chi connectivity index (χ4v) is 2.09. The standard InChI is InChI=1S/C16H24N8/c17-10-4-5-11-24(19)12-14(18)8-9-15-20-22-16(23-21-15)13-6-2-1-3-7-13/h1-3,6-7,12H,4-5,8-11,17-19H2/b14-12-. The third kappa shape index (κ3) is 5.90. The smallest absolute Gasteiger partial charge is 0.203 e. The molecule has 0 aliphatic rings. The van der Waals surface area contributed by atoms with E-state index in [2.05, 4.69) is 20.4 Å². The van der Waals surface area contributed by atoms with E-state index < -0.39 is 0 Å². The second-order valence-electron chi connectivity index (χ2n) is 5.44. The Labute approximate surface area is 141 Å². The van der Waals surface area contributed by atoms with Crippen molar-refractivity contribution < 1.29 is 0 Å². The molecule has 0 spiro atoms. The summed E-state index contributed by atoms with van der Waals surface area (Å²) in [7, 11) is 0. The van der Waals surface area contributed by atoms with Gasteiger partial charge in [0.05, 0.1) is 0 Å². The van der Waals surface area contributed by atoms with Crippen LogP contribution in [0.25, 0.3) is 11.4 Å². The fraction of sp³-hybridized carbons (Fsp3) is 0.375. The normalized spacial score (nSPS) is 11.5. The van der Waals surface area contributed by atoms with Gasteiger partial charge in [0.15, 0.2) is 5.82 Å². The van der Waals surface area contributed by atoms with Crippen molar-refractivity contribution in [2.75, 3.05) is 13.1 Å². The summed E-state index contributed by atoms with van der Waals surface area (Å²) in [6.45, 7) is 1.40. The molecule has 6 N–H and O–H groups in total. The van der Waals surface area contributed by atoms with Crippen molar-refractivity contribution in [3.05, 3.63) is 48.1 Å². The van der Waals surface area contributed by atoms with E-state index in [9.17, 15) is 0 Å². The van der Waals surface area contributed by atoms with E-state index in [0.717, 1.165) is 24.9 Å².